The molecule has 0 aliphatic heterocycles. The Morgan fingerprint density at radius 3 is 2.18 bits per heavy atom. The molecule has 0 heterocycles. The fraction of sp³-hybridized carbons (Fsp3) is 0.200. The van der Waals surface area contributed by atoms with Gasteiger partial charge in [0.15, 0.2) is 0 Å². The molecule has 0 aliphatic carbocycles. The molecule has 2 amide bonds. The van der Waals surface area contributed by atoms with Crippen molar-refractivity contribution in [1.29, 1.82) is 0 Å². The first-order valence-electron chi connectivity index (χ1n) is 8.36. The Morgan fingerprint density at radius 2 is 1.61 bits per heavy atom. The van der Waals surface area contributed by atoms with Gasteiger partial charge in [0, 0.05) is 11.8 Å². The molecule has 2 rings (SSSR count). The molecule has 0 saturated carbocycles. The fourth-order valence-corrected chi connectivity index (χ4v) is 2.18. The molecule has 0 aromatic heterocycles. The van der Waals surface area contributed by atoms with E-state index in [-0.39, 0.29) is 5.75 Å². The van der Waals surface area contributed by atoms with Crippen molar-refractivity contribution in [2.45, 2.75) is 19.6 Å². The Morgan fingerprint density at radius 1 is 1.00 bits per heavy atom. The van der Waals surface area contributed by atoms with Crippen molar-refractivity contribution < 1.29 is 27.8 Å². The largest absolute Gasteiger partial charge is 0.497 e. The average Bonchev–Trinajstić information content (AvgIpc) is 2.67. The summed E-state index contributed by atoms with van der Waals surface area (Å²) in [5.41, 5.74) is 1.20. The number of anilines is 1. The van der Waals surface area contributed by atoms with Crippen LogP contribution in [0.4, 0.5) is 14.5 Å². The SMILES string of the molecule is COc1ccc(/C=C/C(=O)NC(C)C(=O)Nc2ccc(OC(F)F)cc2)cc1. The molecule has 2 N–H and O–H groups in total. The Hall–Kier alpha value is -3.42. The highest BCUT2D eigenvalue weighted by Gasteiger charge is 2.14. The van der Waals surface area contributed by atoms with Gasteiger partial charge in [-0.25, -0.2) is 0 Å². The highest BCUT2D eigenvalue weighted by molar-refractivity contribution is 5.99. The maximum atomic E-state index is 12.1. The van der Waals surface area contributed by atoms with Crippen molar-refractivity contribution >= 4 is 23.6 Å². The van der Waals surface area contributed by atoms with Gasteiger partial charge in [-0.3, -0.25) is 9.59 Å². The highest BCUT2D eigenvalue weighted by Crippen LogP contribution is 2.18. The number of rotatable bonds is 8. The number of alkyl halides is 2. The third-order valence-corrected chi connectivity index (χ3v) is 3.64. The van der Waals surface area contributed by atoms with Gasteiger partial charge in [-0.15, -0.1) is 0 Å². The molecule has 1 unspecified atom stereocenters. The fourth-order valence-electron chi connectivity index (χ4n) is 2.18. The van der Waals surface area contributed by atoms with Crippen molar-refractivity contribution in [2.75, 3.05) is 12.4 Å². The van der Waals surface area contributed by atoms with Crippen LogP contribution in [0.1, 0.15) is 12.5 Å². The number of nitrogens with one attached hydrogen (secondary N) is 2. The Labute approximate surface area is 161 Å². The lowest BCUT2D eigenvalue weighted by Crippen LogP contribution is -2.40. The van der Waals surface area contributed by atoms with Gasteiger partial charge in [0.2, 0.25) is 11.8 Å². The van der Waals surface area contributed by atoms with Gasteiger partial charge in [-0.05, 0) is 55.0 Å². The van der Waals surface area contributed by atoms with E-state index in [1.54, 1.807) is 37.5 Å². The first-order valence-corrected chi connectivity index (χ1v) is 8.36. The van der Waals surface area contributed by atoms with Gasteiger partial charge in [0.25, 0.3) is 0 Å². The summed E-state index contributed by atoms with van der Waals surface area (Å²) >= 11 is 0. The quantitative estimate of drug-likeness (QED) is 0.677. The summed E-state index contributed by atoms with van der Waals surface area (Å²) in [7, 11) is 1.57. The second kappa shape index (κ2) is 10.1. The van der Waals surface area contributed by atoms with Crippen LogP contribution >= 0.6 is 0 Å². The van der Waals surface area contributed by atoms with E-state index in [0.29, 0.717) is 11.4 Å². The number of hydrogen-bond acceptors (Lipinski definition) is 4. The number of methoxy groups -OCH3 is 1. The van der Waals surface area contributed by atoms with Crippen LogP contribution in [0.3, 0.4) is 0 Å². The lowest BCUT2D eigenvalue weighted by Gasteiger charge is -2.13. The second-order valence-electron chi connectivity index (χ2n) is 5.73. The zero-order valence-electron chi connectivity index (χ0n) is 15.3. The van der Waals surface area contributed by atoms with Crippen LogP contribution in [0.25, 0.3) is 6.08 Å². The van der Waals surface area contributed by atoms with E-state index in [0.717, 1.165) is 5.56 Å². The normalized spacial score (nSPS) is 11.9. The number of ether oxygens (including phenoxy) is 2. The Balaban J connectivity index is 1.85. The smallest absolute Gasteiger partial charge is 0.387 e. The number of carbonyl (C=O) groups excluding carboxylic acids is 2. The van der Waals surface area contributed by atoms with Gasteiger partial charge in [0.05, 0.1) is 7.11 Å². The topological polar surface area (TPSA) is 76.7 Å². The van der Waals surface area contributed by atoms with Crippen LogP contribution in [-0.2, 0) is 9.59 Å². The molecule has 28 heavy (non-hydrogen) atoms. The van der Waals surface area contributed by atoms with Gasteiger partial charge >= 0.3 is 6.61 Å². The molecule has 0 fully saturated rings. The molecule has 0 bridgehead atoms. The number of hydrogen-bond donors (Lipinski definition) is 2. The molecule has 2 aromatic carbocycles. The van der Waals surface area contributed by atoms with Crippen LogP contribution in [-0.4, -0.2) is 31.6 Å². The number of amides is 2. The summed E-state index contributed by atoms with van der Waals surface area (Å²) < 4.78 is 33.5. The predicted octanol–water partition coefficient (Wildman–Crippen LogP) is 3.45. The maximum absolute atomic E-state index is 12.1. The van der Waals surface area contributed by atoms with Gasteiger partial charge in [-0.1, -0.05) is 12.1 Å². The zero-order valence-corrected chi connectivity index (χ0v) is 15.3. The van der Waals surface area contributed by atoms with Gasteiger partial charge in [0.1, 0.15) is 17.5 Å². The first kappa shape index (κ1) is 20.9. The van der Waals surface area contributed by atoms with Crippen LogP contribution in [0, 0.1) is 0 Å². The van der Waals surface area contributed by atoms with E-state index in [9.17, 15) is 18.4 Å². The van der Waals surface area contributed by atoms with E-state index in [1.165, 1.54) is 37.3 Å². The molecule has 1 atom stereocenters. The molecule has 148 valence electrons. The summed E-state index contributed by atoms with van der Waals surface area (Å²) in [6, 6.07) is 11.8. The van der Waals surface area contributed by atoms with Crippen molar-refractivity contribution in [3.05, 3.63) is 60.2 Å². The van der Waals surface area contributed by atoms with E-state index in [4.69, 9.17) is 4.74 Å². The maximum Gasteiger partial charge on any atom is 0.387 e. The standard InChI is InChI=1S/C20H20F2N2O4/c1-13(19(26)24-15-6-10-17(11-7-15)28-20(21)22)23-18(25)12-5-14-3-8-16(27-2)9-4-14/h3-13,20H,1-2H3,(H,23,25)(H,24,26)/b12-5+. The predicted molar refractivity (Wildman–Crippen MR) is 101 cm³/mol. The summed E-state index contributed by atoms with van der Waals surface area (Å²) in [4.78, 5) is 24.1. The van der Waals surface area contributed by atoms with Crippen LogP contribution in [0.5, 0.6) is 11.5 Å². The molecular formula is C20H20F2N2O4. The van der Waals surface area contributed by atoms with Crippen LogP contribution < -0.4 is 20.1 Å². The van der Waals surface area contributed by atoms with Crippen LogP contribution in [0.15, 0.2) is 54.6 Å². The molecule has 0 saturated heterocycles. The minimum absolute atomic E-state index is 0.0157. The summed E-state index contributed by atoms with van der Waals surface area (Å²) in [5.74, 6) is -0.188. The van der Waals surface area contributed by atoms with Crippen LogP contribution in [0.2, 0.25) is 0 Å². The average molecular weight is 390 g/mol. The zero-order chi connectivity index (χ0) is 20.5. The van der Waals surface area contributed by atoms with Gasteiger partial charge < -0.3 is 20.1 Å². The van der Waals surface area contributed by atoms with Crippen molar-refractivity contribution in [3.8, 4) is 11.5 Å². The number of halogens is 2. The summed E-state index contributed by atoms with van der Waals surface area (Å²) in [6.45, 7) is -1.38. The number of carbonyl (C=O) groups is 2. The molecular weight excluding hydrogens is 370 g/mol. The van der Waals surface area contributed by atoms with E-state index in [1.807, 2.05) is 0 Å². The second-order valence-corrected chi connectivity index (χ2v) is 5.73. The minimum Gasteiger partial charge on any atom is -0.497 e. The third kappa shape index (κ3) is 6.71. The third-order valence-electron chi connectivity index (χ3n) is 3.64. The molecule has 6 nitrogen and oxygen atoms in total. The van der Waals surface area contributed by atoms with Crippen molar-refractivity contribution in [2.24, 2.45) is 0 Å². The highest BCUT2D eigenvalue weighted by atomic mass is 19.3. The Kier molecular flexibility index (Phi) is 7.50. The lowest BCUT2D eigenvalue weighted by atomic mass is 10.2. The van der Waals surface area contributed by atoms with Crippen molar-refractivity contribution in [3.63, 3.8) is 0 Å². The molecule has 0 radical (unpaired) electrons. The monoisotopic (exact) mass is 390 g/mol. The van der Waals surface area contributed by atoms with E-state index < -0.39 is 24.5 Å². The summed E-state index contributed by atoms with van der Waals surface area (Å²) in [5, 5.41) is 5.12. The summed E-state index contributed by atoms with van der Waals surface area (Å²) in [6.07, 6.45) is 2.93. The first-order chi connectivity index (χ1) is 13.4. The van der Waals surface area contributed by atoms with E-state index in [2.05, 4.69) is 15.4 Å². The van der Waals surface area contributed by atoms with E-state index >= 15 is 0 Å². The van der Waals surface area contributed by atoms with Crippen molar-refractivity contribution in [1.82, 2.24) is 5.32 Å². The Bertz CT molecular complexity index is 821. The number of benzene rings is 2. The molecule has 0 aliphatic rings. The molecule has 8 heteroatoms. The molecule has 0 spiro atoms. The minimum atomic E-state index is -2.92. The van der Waals surface area contributed by atoms with Gasteiger partial charge in [-0.2, -0.15) is 8.78 Å². The molecule has 2 aromatic rings. The lowest BCUT2D eigenvalue weighted by molar-refractivity contribution is -0.123.